The van der Waals surface area contributed by atoms with Crippen molar-refractivity contribution in [1.29, 1.82) is 0 Å². The molecule has 0 fully saturated rings. The fraction of sp³-hybridized carbons (Fsp3) is 0. The minimum Gasteiger partial charge on any atom is -0.412 e. The van der Waals surface area contributed by atoms with Crippen molar-refractivity contribution in [3.63, 3.8) is 0 Å². The number of hydrogen-bond donors (Lipinski definition) is 3. The van der Waals surface area contributed by atoms with Crippen LogP contribution in [0.2, 0.25) is 0 Å². The average Bonchev–Trinajstić information content (AvgIpc) is 0.722. The molecule has 8 heavy (non-hydrogen) atoms. The molecule has 0 aliphatic carbocycles. The molecule has 0 aromatic carbocycles. The summed E-state index contributed by atoms with van der Waals surface area (Å²) in [6.07, 6.45) is 0. The van der Waals surface area contributed by atoms with Gasteiger partial charge in [0.2, 0.25) is 0 Å². The molecule has 0 radical (unpaired) electrons. The van der Waals surface area contributed by atoms with Gasteiger partial charge in [-0.15, -0.1) is 0 Å². The van der Waals surface area contributed by atoms with Crippen molar-refractivity contribution < 1.29 is 30.2 Å². The molecule has 6 nitrogen and oxygen atoms in total. The Morgan fingerprint density at radius 2 is 1.00 bits per heavy atom. The summed E-state index contributed by atoms with van der Waals surface area (Å²) < 4.78 is 8.88. The van der Waals surface area contributed by atoms with E-state index in [0.717, 1.165) is 0 Å². The van der Waals surface area contributed by atoms with Gasteiger partial charge in [-0.3, -0.25) is 0 Å². The van der Waals surface area contributed by atoms with Gasteiger partial charge >= 0.3 is 7.82 Å². The Labute approximate surface area is 56.1 Å². The molecule has 0 saturated carbocycles. The lowest BCUT2D eigenvalue weighted by Crippen LogP contribution is -1.66. The molecule has 8 heteroatoms. The van der Waals surface area contributed by atoms with Gasteiger partial charge in [0.05, 0.1) is 0 Å². The van der Waals surface area contributed by atoms with Crippen LogP contribution < -0.4 is 0 Å². The van der Waals surface area contributed by atoms with E-state index >= 15 is 0 Å². The van der Waals surface area contributed by atoms with Crippen LogP contribution in [-0.2, 0) is 4.57 Å². The van der Waals surface area contributed by atoms with E-state index in [1.54, 1.807) is 0 Å². The highest BCUT2D eigenvalue weighted by Crippen LogP contribution is 2.25. The van der Waals surface area contributed by atoms with E-state index < -0.39 is 7.82 Å². The van der Waals surface area contributed by atoms with Gasteiger partial charge in [-0.1, -0.05) is 0 Å². The summed E-state index contributed by atoms with van der Waals surface area (Å²) in [6.45, 7) is 0. The van der Waals surface area contributed by atoms with E-state index in [0.29, 0.717) is 0 Å². The molecule has 0 heterocycles. The first-order valence-corrected chi connectivity index (χ1v) is 2.35. The van der Waals surface area contributed by atoms with E-state index in [4.69, 9.17) is 19.2 Å². The third-order valence-electron chi connectivity index (χ3n) is 0. The van der Waals surface area contributed by atoms with E-state index in [1.165, 1.54) is 0 Å². The van der Waals surface area contributed by atoms with Crippen LogP contribution in [0.5, 0.6) is 0 Å². The van der Waals surface area contributed by atoms with Crippen molar-refractivity contribution in [3.8, 4) is 0 Å². The first kappa shape index (κ1) is 23.5. The van der Waals surface area contributed by atoms with Gasteiger partial charge in [0.15, 0.2) is 17.4 Å². The fourth-order valence-electron chi connectivity index (χ4n) is 0. The van der Waals surface area contributed by atoms with Crippen LogP contribution in [0.3, 0.4) is 0 Å². The number of phosphoric acid groups is 1. The number of hydrogen-bond acceptors (Lipinski definition) is 1. The first-order valence-electron chi connectivity index (χ1n) is 0.783. The molecule has 0 spiro atoms. The quantitative estimate of drug-likeness (QED) is 0.249. The highest BCUT2D eigenvalue weighted by Gasteiger charge is 2.00. The monoisotopic (exact) mass is 164 g/mol. The minimum absolute atomic E-state index is 0. The highest BCUT2D eigenvalue weighted by molar-refractivity contribution is 7.45. The van der Waals surface area contributed by atoms with E-state index in [2.05, 4.69) is 0 Å². The second-order valence-electron chi connectivity index (χ2n) is 0.513. The van der Waals surface area contributed by atoms with E-state index in [1.807, 2.05) is 0 Å². The van der Waals surface area contributed by atoms with Crippen molar-refractivity contribution >= 4 is 25.2 Å². The van der Waals surface area contributed by atoms with Crippen molar-refractivity contribution in [1.82, 2.24) is 0 Å². The fourth-order valence-corrected chi connectivity index (χ4v) is 0. The summed E-state index contributed by atoms with van der Waals surface area (Å²) in [5.74, 6) is 0. The summed E-state index contributed by atoms with van der Waals surface area (Å²) in [7, 11) is -4.64. The standard InChI is InChI=1S/Al.H3O4P.2H2O.3H/c;1-5(2,3)4;;;;;/h;(H3,1,2,3,4);2*1H2;;;. The lowest BCUT2D eigenvalue weighted by molar-refractivity contribution is 0.275. The van der Waals surface area contributed by atoms with Crippen LogP contribution in [0.4, 0.5) is 0 Å². The molecule has 0 aromatic heterocycles. The lowest BCUT2D eigenvalue weighted by Gasteiger charge is -1.82. The maximum absolute atomic E-state index is 8.88. The zero-order valence-electron chi connectivity index (χ0n) is 3.20. The van der Waals surface area contributed by atoms with E-state index in [9.17, 15) is 0 Å². The van der Waals surface area contributed by atoms with Crippen LogP contribution in [0.1, 0.15) is 0 Å². The van der Waals surface area contributed by atoms with Crippen molar-refractivity contribution in [2.45, 2.75) is 0 Å². The molecule has 0 aliphatic heterocycles. The molecular formula is H10AlO6P. The molecule has 0 aromatic rings. The van der Waals surface area contributed by atoms with Gasteiger partial charge in [-0.25, -0.2) is 4.57 Å². The zero-order chi connectivity index (χ0) is 4.50. The van der Waals surface area contributed by atoms with Crippen LogP contribution in [0.25, 0.3) is 0 Å². The summed E-state index contributed by atoms with van der Waals surface area (Å²) in [5.41, 5.74) is 0. The maximum atomic E-state index is 8.88. The van der Waals surface area contributed by atoms with Crippen LogP contribution in [-0.4, -0.2) is 43.0 Å². The van der Waals surface area contributed by atoms with E-state index in [-0.39, 0.29) is 28.3 Å². The summed E-state index contributed by atoms with van der Waals surface area (Å²) in [5, 5.41) is 0. The van der Waals surface area contributed by atoms with Gasteiger partial charge in [-0.05, 0) is 0 Å². The van der Waals surface area contributed by atoms with Gasteiger partial charge < -0.3 is 25.6 Å². The van der Waals surface area contributed by atoms with Crippen molar-refractivity contribution in [2.24, 2.45) is 0 Å². The summed E-state index contributed by atoms with van der Waals surface area (Å²) >= 11 is 0. The molecule has 7 N–H and O–H groups in total. The van der Waals surface area contributed by atoms with Crippen LogP contribution in [0.15, 0.2) is 0 Å². The molecule has 0 unspecified atom stereocenters. The van der Waals surface area contributed by atoms with Gasteiger partial charge in [0, 0.05) is 0 Å². The predicted molar refractivity (Wildman–Crippen MR) is 31.4 cm³/mol. The summed E-state index contributed by atoms with van der Waals surface area (Å²) in [6, 6.07) is 0. The molecule has 0 aliphatic rings. The molecule has 0 saturated heterocycles. The maximum Gasteiger partial charge on any atom is 0.466 e. The normalized spacial score (nSPS) is 7.38. The molecule has 0 rings (SSSR count). The second kappa shape index (κ2) is 7.56. The van der Waals surface area contributed by atoms with Gasteiger partial charge in [0.25, 0.3) is 0 Å². The predicted octanol–water partition coefficient (Wildman–Crippen LogP) is -3.76. The molecule has 0 atom stereocenters. The third kappa shape index (κ3) is 642. The third-order valence-corrected chi connectivity index (χ3v) is 0. The Hall–Kier alpha value is 0.562. The lowest BCUT2D eigenvalue weighted by atomic mass is 15.8. The second-order valence-corrected chi connectivity index (χ2v) is 1.54. The smallest absolute Gasteiger partial charge is 0.412 e. The van der Waals surface area contributed by atoms with Crippen molar-refractivity contribution in [2.75, 3.05) is 0 Å². The Kier molecular flexibility index (Phi) is 22.2. The van der Waals surface area contributed by atoms with Crippen LogP contribution in [0, 0.1) is 0 Å². The molecular weight excluding hydrogens is 154 g/mol. The highest BCUT2D eigenvalue weighted by atomic mass is 31.2. The topological polar surface area (TPSA) is 141 Å². The molecule has 0 amide bonds. The largest absolute Gasteiger partial charge is 0.466 e. The van der Waals surface area contributed by atoms with Gasteiger partial charge in [0.1, 0.15) is 0 Å². The van der Waals surface area contributed by atoms with Crippen LogP contribution >= 0.6 is 7.82 Å². The SMILES string of the molecule is O.O.O=P(O)(O)O.[AlH3]. The summed E-state index contributed by atoms with van der Waals surface area (Å²) in [4.78, 5) is 21.6. The zero-order valence-corrected chi connectivity index (χ0v) is 4.09. The Balaban J connectivity index is -0.0000000267. The Bertz CT molecular complexity index is 54.7. The first-order chi connectivity index (χ1) is 2.00. The van der Waals surface area contributed by atoms with Gasteiger partial charge in [-0.2, -0.15) is 0 Å². The molecule has 0 bridgehead atoms. The average molecular weight is 164 g/mol. The Morgan fingerprint density at radius 1 is 1.00 bits per heavy atom. The minimum atomic E-state index is -4.64. The Morgan fingerprint density at radius 3 is 1.00 bits per heavy atom. The molecule has 54 valence electrons. The number of rotatable bonds is 0. The van der Waals surface area contributed by atoms with Crippen molar-refractivity contribution in [3.05, 3.63) is 0 Å².